The predicted molar refractivity (Wildman–Crippen MR) is 183 cm³/mol. The molecule has 0 bridgehead atoms. The number of aromatic nitrogens is 1. The normalized spacial score (nSPS) is 31.3. The van der Waals surface area contributed by atoms with Crippen LogP contribution in [0.2, 0.25) is 0 Å². The quantitative estimate of drug-likeness (QED) is 0.192. The maximum Gasteiger partial charge on any atom is 0.340 e. The minimum Gasteiger partial charge on any atom is -0.458 e. The second-order valence-electron chi connectivity index (χ2n) is 14.6. The van der Waals surface area contributed by atoms with Crippen LogP contribution in [-0.2, 0) is 52.4 Å². The van der Waals surface area contributed by atoms with Crippen LogP contribution in [0.15, 0.2) is 48.8 Å². The second kappa shape index (κ2) is 16.3. The number of hydrogen-bond donors (Lipinski definition) is 0. The first-order valence-corrected chi connectivity index (χ1v) is 17.0. The Morgan fingerprint density at radius 2 is 1.57 bits per heavy atom. The lowest BCUT2D eigenvalue weighted by Crippen LogP contribution is -2.57. The van der Waals surface area contributed by atoms with E-state index in [-0.39, 0.29) is 30.1 Å². The van der Waals surface area contributed by atoms with Gasteiger partial charge in [0, 0.05) is 70.9 Å². The number of carbonyl (C=O) groups is 6. The Morgan fingerprint density at radius 3 is 2.10 bits per heavy atom. The fourth-order valence-corrected chi connectivity index (χ4v) is 6.96. The van der Waals surface area contributed by atoms with Gasteiger partial charge in [-0.05, 0) is 30.5 Å². The maximum absolute atomic E-state index is 14.9. The Balaban J connectivity index is 2.40. The predicted octanol–water partition coefficient (Wildman–Crippen LogP) is 4.90. The molecule has 1 aromatic heterocycles. The standard InChI is InChI=1S/C38H51NO12/c1-21(2)19-46-29-17-30(49-35(45)28-13-12-16-39-18-28)36(9,10)15-14-22(3)33(44)38(51-27(8)43)20-37(11,50-26(7)42)34(48-25(6)41)31(38)32(23(29)4)47-24(5)40/h12-16,18,21-22,29-32,34H,4,17,19-20H2,1-3,5-11H3/b15-14-/t22-,29-,30-,31+,32+,34-,37-,38-/m1/s1. The van der Waals surface area contributed by atoms with Gasteiger partial charge in [-0.2, -0.15) is 0 Å². The minimum atomic E-state index is -2.17. The third-order valence-corrected chi connectivity index (χ3v) is 9.15. The molecule has 0 aromatic carbocycles. The lowest BCUT2D eigenvalue weighted by molar-refractivity contribution is -0.190. The molecule has 13 nitrogen and oxygen atoms in total. The van der Waals surface area contributed by atoms with Gasteiger partial charge in [-0.25, -0.2) is 4.79 Å². The van der Waals surface area contributed by atoms with Crippen LogP contribution in [0.4, 0.5) is 0 Å². The summed E-state index contributed by atoms with van der Waals surface area (Å²) in [7, 11) is 0. The summed E-state index contributed by atoms with van der Waals surface area (Å²) in [6.45, 7) is 19.6. The summed E-state index contributed by atoms with van der Waals surface area (Å²) in [5.41, 5.74) is -4.51. The van der Waals surface area contributed by atoms with Crippen molar-refractivity contribution in [2.75, 3.05) is 6.61 Å². The van der Waals surface area contributed by atoms with Gasteiger partial charge in [0.25, 0.3) is 0 Å². The number of rotatable bonds is 9. The first-order chi connectivity index (χ1) is 23.6. The number of pyridine rings is 1. The van der Waals surface area contributed by atoms with Crippen LogP contribution in [0.1, 0.15) is 92.4 Å². The zero-order valence-electron chi connectivity index (χ0n) is 31.2. The van der Waals surface area contributed by atoms with Gasteiger partial charge < -0.3 is 28.4 Å². The molecule has 2 aliphatic carbocycles. The average molecular weight is 714 g/mol. The summed E-state index contributed by atoms with van der Waals surface area (Å²) in [5, 5.41) is 0. The molecule has 0 N–H and O–H groups in total. The molecule has 3 rings (SSSR count). The smallest absolute Gasteiger partial charge is 0.340 e. The average Bonchev–Trinajstić information content (AvgIpc) is 3.24. The van der Waals surface area contributed by atoms with E-state index in [1.807, 2.05) is 27.7 Å². The molecule has 1 heterocycles. The Kier molecular flexibility index (Phi) is 13.1. The highest BCUT2D eigenvalue weighted by atomic mass is 16.6. The molecule has 2 aliphatic rings. The van der Waals surface area contributed by atoms with Gasteiger partial charge in [-0.1, -0.05) is 53.3 Å². The van der Waals surface area contributed by atoms with Gasteiger partial charge in [0.05, 0.1) is 17.6 Å². The highest BCUT2D eigenvalue weighted by molar-refractivity contribution is 5.94. The van der Waals surface area contributed by atoms with Crippen LogP contribution in [0.3, 0.4) is 0 Å². The number of esters is 5. The zero-order chi connectivity index (χ0) is 38.5. The molecule has 0 aliphatic heterocycles. The van der Waals surface area contributed by atoms with Crippen LogP contribution >= 0.6 is 0 Å². The van der Waals surface area contributed by atoms with Crippen molar-refractivity contribution in [3.05, 3.63) is 54.4 Å². The molecule has 1 saturated carbocycles. The van der Waals surface area contributed by atoms with Crippen LogP contribution in [0.5, 0.6) is 0 Å². The number of nitrogens with zero attached hydrogens (tertiary/aromatic N) is 1. The van der Waals surface area contributed by atoms with Crippen LogP contribution < -0.4 is 0 Å². The molecule has 0 radical (unpaired) electrons. The first-order valence-electron chi connectivity index (χ1n) is 17.0. The number of fused-ring (bicyclic) bond motifs is 1. The minimum absolute atomic E-state index is 0.00171. The Labute approximate surface area is 299 Å². The second-order valence-corrected chi connectivity index (χ2v) is 14.6. The van der Waals surface area contributed by atoms with Crippen molar-refractivity contribution in [2.45, 2.75) is 118 Å². The van der Waals surface area contributed by atoms with E-state index in [0.717, 1.165) is 27.7 Å². The summed E-state index contributed by atoms with van der Waals surface area (Å²) in [5.74, 6) is -6.92. The van der Waals surface area contributed by atoms with Crippen molar-refractivity contribution in [2.24, 2.45) is 23.2 Å². The fourth-order valence-electron chi connectivity index (χ4n) is 6.96. The SMILES string of the molecule is C=C1[C@H](OCC(C)C)C[C@@H](OC(=O)c2cccnc2)C(C)(C)/C=C\[C@@H](C)C(=O)[C@@]2(OC(C)=O)C[C@@](C)(OC(C)=O)[C@H](OC(C)=O)[C@@H]2[C@H]1OC(C)=O. The Hall–Kier alpha value is -4.39. The molecular formula is C38H51NO12. The number of allylic oxidation sites excluding steroid dienone is 1. The maximum atomic E-state index is 14.9. The summed E-state index contributed by atoms with van der Waals surface area (Å²) in [6.07, 6.45) is 0.932. The van der Waals surface area contributed by atoms with E-state index in [0.29, 0.717) is 0 Å². The van der Waals surface area contributed by atoms with Crippen LogP contribution in [-0.4, -0.2) is 82.8 Å². The molecular weight excluding hydrogens is 662 g/mol. The zero-order valence-corrected chi connectivity index (χ0v) is 31.2. The van der Waals surface area contributed by atoms with Crippen molar-refractivity contribution in [3.63, 3.8) is 0 Å². The molecule has 1 aromatic rings. The summed E-state index contributed by atoms with van der Waals surface area (Å²) in [4.78, 5) is 83.5. The highest BCUT2D eigenvalue weighted by Crippen LogP contribution is 2.54. The molecule has 13 heteroatoms. The van der Waals surface area contributed by atoms with Gasteiger partial charge in [0.1, 0.15) is 12.2 Å². The molecule has 1 fully saturated rings. The topological polar surface area (TPSA) is 171 Å². The first kappa shape index (κ1) is 41.0. The van der Waals surface area contributed by atoms with Gasteiger partial charge >= 0.3 is 29.8 Å². The Bertz CT molecular complexity index is 1530. The van der Waals surface area contributed by atoms with Gasteiger partial charge in [0.15, 0.2) is 23.1 Å². The van der Waals surface area contributed by atoms with E-state index in [1.54, 1.807) is 31.2 Å². The Morgan fingerprint density at radius 1 is 0.941 bits per heavy atom. The summed E-state index contributed by atoms with van der Waals surface area (Å²) >= 11 is 0. The van der Waals surface area contributed by atoms with E-state index in [2.05, 4.69) is 11.6 Å². The van der Waals surface area contributed by atoms with Crippen molar-refractivity contribution in [1.29, 1.82) is 0 Å². The molecule has 0 saturated heterocycles. The fraction of sp³-hybridized carbons (Fsp3) is 0.605. The monoisotopic (exact) mass is 713 g/mol. The highest BCUT2D eigenvalue weighted by Gasteiger charge is 2.71. The van der Waals surface area contributed by atoms with E-state index in [9.17, 15) is 28.8 Å². The third kappa shape index (κ3) is 9.69. The summed E-state index contributed by atoms with van der Waals surface area (Å²) in [6, 6.07) is 3.18. The largest absolute Gasteiger partial charge is 0.458 e. The molecule has 51 heavy (non-hydrogen) atoms. The van der Waals surface area contributed by atoms with E-state index >= 15 is 0 Å². The van der Waals surface area contributed by atoms with Crippen molar-refractivity contribution in [1.82, 2.24) is 4.98 Å². The third-order valence-electron chi connectivity index (χ3n) is 9.15. The molecule has 8 atom stereocenters. The number of Topliss-reactive ketones (excluding diaryl/α,β-unsaturated/α-hetero) is 1. The van der Waals surface area contributed by atoms with Crippen LogP contribution in [0.25, 0.3) is 0 Å². The van der Waals surface area contributed by atoms with E-state index in [1.165, 1.54) is 19.3 Å². The van der Waals surface area contributed by atoms with Gasteiger partial charge in [-0.15, -0.1) is 0 Å². The number of carbonyl (C=O) groups excluding carboxylic acids is 6. The molecule has 0 amide bonds. The van der Waals surface area contributed by atoms with Crippen LogP contribution in [0, 0.1) is 23.2 Å². The van der Waals surface area contributed by atoms with E-state index < -0.39 is 94.9 Å². The number of ether oxygens (including phenoxy) is 6. The van der Waals surface area contributed by atoms with E-state index in [4.69, 9.17) is 28.4 Å². The lowest BCUT2D eigenvalue weighted by Gasteiger charge is -2.42. The van der Waals surface area contributed by atoms with Gasteiger partial charge in [0.2, 0.25) is 0 Å². The van der Waals surface area contributed by atoms with Crippen molar-refractivity contribution < 1.29 is 57.2 Å². The van der Waals surface area contributed by atoms with Crippen molar-refractivity contribution in [3.8, 4) is 0 Å². The summed E-state index contributed by atoms with van der Waals surface area (Å²) < 4.78 is 36.1. The lowest BCUT2D eigenvalue weighted by atomic mass is 9.72. The molecule has 280 valence electrons. The number of ketones is 1. The number of hydrogen-bond acceptors (Lipinski definition) is 13. The van der Waals surface area contributed by atoms with Gasteiger partial charge in [-0.3, -0.25) is 29.0 Å². The molecule has 0 unspecified atom stereocenters. The van der Waals surface area contributed by atoms with Crippen molar-refractivity contribution >= 4 is 35.6 Å². The molecule has 0 spiro atoms.